The Kier molecular flexibility index (Phi) is 4.73. The molecule has 2 heteroatoms. The van der Waals surface area contributed by atoms with Crippen LogP contribution in [0.2, 0.25) is 0 Å². The molecule has 2 aromatic carbocycles. The number of carbonyl (C=O) groups is 1. The number of hydrogen-bond acceptors (Lipinski definition) is 2. The van der Waals surface area contributed by atoms with E-state index in [1.807, 2.05) is 60.7 Å². The van der Waals surface area contributed by atoms with Crippen molar-refractivity contribution < 1.29 is 4.79 Å². The van der Waals surface area contributed by atoms with E-state index in [0.717, 1.165) is 24.2 Å². The highest BCUT2D eigenvalue weighted by Gasteiger charge is 2.12. The molecule has 0 unspecified atom stereocenters. The van der Waals surface area contributed by atoms with Crippen LogP contribution in [0.4, 0.5) is 5.69 Å². The van der Waals surface area contributed by atoms with Crippen LogP contribution in [-0.2, 0) is 0 Å². The molecule has 0 N–H and O–H groups in total. The predicted molar refractivity (Wildman–Crippen MR) is 79.7 cm³/mol. The van der Waals surface area contributed by atoms with Crippen molar-refractivity contribution in [1.29, 1.82) is 0 Å². The third-order valence-electron chi connectivity index (χ3n) is 3.05. The Hall–Kier alpha value is -2.09. The molecule has 0 amide bonds. The Bertz CT molecular complexity index is 507. The Labute approximate surface area is 114 Å². The second-order valence-electron chi connectivity index (χ2n) is 4.55. The first-order chi connectivity index (χ1) is 9.31. The van der Waals surface area contributed by atoms with Crippen LogP contribution in [0.15, 0.2) is 60.7 Å². The lowest BCUT2D eigenvalue weighted by atomic mass is 10.1. The van der Waals surface area contributed by atoms with Gasteiger partial charge < -0.3 is 4.90 Å². The number of Topliss-reactive ketones (excluding diaryl/α,β-unsaturated/α-hetero) is 1. The fraction of sp³-hybridized carbons (Fsp3) is 0.235. The minimum absolute atomic E-state index is 0.165. The number of ketones is 1. The molecule has 0 bridgehead atoms. The standard InChI is InChI=1S/C17H19NO/c1-2-13-18(16-11-7-4-8-12-16)14-17(19)15-9-5-3-6-10-15/h3-12H,2,13-14H2,1H3. The molecule has 0 radical (unpaired) electrons. The van der Waals surface area contributed by atoms with Crippen molar-refractivity contribution >= 4 is 11.5 Å². The molecule has 98 valence electrons. The van der Waals surface area contributed by atoms with Crippen molar-refractivity contribution in [3.05, 3.63) is 66.2 Å². The minimum Gasteiger partial charge on any atom is -0.364 e. The molecule has 19 heavy (non-hydrogen) atoms. The zero-order chi connectivity index (χ0) is 13.5. The fourth-order valence-corrected chi connectivity index (χ4v) is 2.10. The van der Waals surface area contributed by atoms with Gasteiger partial charge in [-0.2, -0.15) is 0 Å². The lowest BCUT2D eigenvalue weighted by Gasteiger charge is -2.23. The highest BCUT2D eigenvalue weighted by Crippen LogP contribution is 2.14. The maximum absolute atomic E-state index is 12.3. The number of nitrogens with zero attached hydrogens (tertiary/aromatic N) is 1. The third kappa shape index (κ3) is 3.68. The van der Waals surface area contributed by atoms with Gasteiger partial charge in [0, 0.05) is 17.8 Å². The van der Waals surface area contributed by atoms with Crippen molar-refractivity contribution in [2.45, 2.75) is 13.3 Å². The quantitative estimate of drug-likeness (QED) is 0.730. The second-order valence-corrected chi connectivity index (χ2v) is 4.55. The molecule has 0 saturated heterocycles. The number of benzene rings is 2. The van der Waals surface area contributed by atoms with E-state index in [4.69, 9.17) is 0 Å². The van der Waals surface area contributed by atoms with Crippen LogP contribution in [0.1, 0.15) is 23.7 Å². The second kappa shape index (κ2) is 6.74. The van der Waals surface area contributed by atoms with Gasteiger partial charge in [-0.15, -0.1) is 0 Å². The summed E-state index contributed by atoms with van der Waals surface area (Å²) in [5, 5.41) is 0. The molecule has 0 aliphatic heterocycles. The van der Waals surface area contributed by atoms with Gasteiger partial charge >= 0.3 is 0 Å². The van der Waals surface area contributed by atoms with Crippen molar-refractivity contribution in [2.75, 3.05) is 18.0 Å². The molecule has 0 fully saturated rings. The summed E-state index contributed by atoms with van der Waals surface area (Å²) in [4.78, 5) is 14.4. The van der Waals surface area contributed by atoms with Gasteiger partial charge in [0.25, 0.3) is 0 Å². The molecular formula is C17H19NO. The summed E-state index contributed by atoms with van der Waals surface area (Å²) >= 11 is 0. The van der Waals surface area contributed by atoms with E-state index in [1.165, 1.54) is 0 Å². The van der Waals surface area contributed by atoms with Crippen LogP contribution in [0, 0.1) is 0 Å². The molecule has 2 rings (SSSR count). The molecule has 0 spiro atoms. The summed E-state index contributed by atoms with van der Waals surface area (Å²) < 4.78 is 0. The monoisotopic (exact) mass is 253 g/mol. The van der Waals surface area contributed by atoms with Crippen LogP contribution in [0.3, 0.4) is 0 Å². The summed E-state index contributed by atoms with van der Waals surface area (Å²) in [6, 6.07) is 19.6. The number of carbonyl (C=O) groups excluding carboxylic acids is 1. The van der Waals surface area contributed by atoms with Crippen LogP contribution < -0.4 is 4.90 Å². The Morgan fingerprint density at radius 3 is 2.11 bits per heavy atom. The Morgan fingerprint density at radius 1 is 0.947 bits per heavy atom. The van der Waals surface area contributed by atoms with Crippen LogP contribution in [-0.4, -0.2) is 18.9 Å². The van der Waals surface area contributed by atoms with Crippen LogP contribution in [0.25, 0.3) is 0 Å². The lowest BCUT2D eigenvalue weighted by molar-refractivity contribution is 0.0999. The van der Waals surface area contributed by atoms with Gasteiger partial charge in [-0.05, 0) is 18.6 Å². The maximum atomic E-state index is 12.3. The molecule has 0 aromatic heterocycles. The summed E-state index contributed by atoms with van der Waals surface area (Å²) in [7, 11) is 0. The van der Waals surface area contributed by atoms with E-state index in [2.05, 4.69) is 11.8 Å². The fourth-order valence-electron chi connectivity index (χ4n) is 2.10. The maximum Gasteiger partial charge on any atom is 0.182 e. The van der Waals surface area contributed by atoms with E-state index in [0.29, 0.717) is 6.54 Å². The molecule has 2 nitrogen and oxygen atoms in total. The molecule has 0 aliphatic carbocycles. The zero-order valence-electron chi connectivity index (χ0n) is 11.3. The average Bonchev–Trinajstić information content (AvgIpc) is 2.48. The van der Waals surface area contributed by atoms with Gasteiger partial charge in [0.1, 0.15) is 0 Å². The predicted octanol–water partition coefficient (Wildman–Crippen LogP) is 3.79. The lowest BCUT2D eigenvalue weighted by Crippen LogP contribution is -2.30. The normalized spacial score (nSPS) is 10.2. The zero-order valence-corrected chi connectivity index (χ0v) is 11.3. The first-order valence-electron chi connectivity index (χ1n) is 6.69. The van der Waals surface area contributed by atoms with E-state index in [-0.39, 0.29) is 5.78 Å². The topological polar surface area (TPSA) is 20.3 Å². The molecule has 0 saturated carbocycles. The van der Waals surface area contributed by atoms with Crippen molar-refractivity contribution in [3.8, 4) is 0 Å². The first-order valence-corrected chi connectivity index (χ1v) is 6.69. The molecule has 2 aromatic rings. The Balaban J connectivity index is 2.11. The van der Waals surface area contributed by atoms with Crippen LogP contribution >= 0.6 is 0 Å². The summed E-state index contributed by atoms with van der Waals surface area (Å²) in [6.07, 6.45) is 1.02. The number of rotatable bonds is 6. The van der Waals surface area contributed by atoms with E-state index in [9.17, 15) is 4.79 Å². The summed E-state index contributed by atoms with van der Waals surface area (Å²) in [5.41, 5.74) is 1.88. The summed E-state index contributed by atoms with van der Waals surface area (Å²) in [5.74, 6) is 0.165. The smallest absolute Gasteiger partial charge is 0.182 e. The highest BCUT2D eigenvalue weighted by atomic mass is 16.1. The molecular weight excluding hydrogens is 234 g/mol. The van der Waals surface area contributed by atoms with E-state index < -0.39 is 0 Å². The van der Waals surface area contributed by atoms with Gasteiger partial charge in [0.15, 0.2) is 5.78 Å². The van der Waals surface area contributed by atoms with Gasteiger partial charge in [-0.25, -0.2) is 0 Å². The highest BCUT2D eigenvalue weighted by molar-refractivity contribution is 5.99. The average molecular weight is 253 g/mol. The number of para-hydroxylation sites is 1. The Morgan fingerprint density at radius 2 is 1.53 bits per heavy atom. The summed E-state index contributed by atoms with van der Waals surface area (Å²) in [6.45, 7) is 3.45. The first kappa shape index (κ1) is 13.3. The van der Waals surface area contributed by atoms with E-state index >= 15 is 0 Å². The van der Waals surface area contributed by atoms with Crippen LogP contribution in [0.5, 0.6) is 0 Å². The van der Waals surface area contributed by atoms with Crippen molar-refractivity contribution in [1.82, 2.24) is 0 Å². The SMILES string of the molecule is CCCN(CC(=O)c1ccccc1)c1ccccc1. The number of hydrogen-bond donors (Lipinski definition) is 0. The van der Waals surface area contributed by atoms with Gasteiger partial charge in [-0.1, -0.05) is 55.5 Å². The van der Waals surface area contributed by atoms with E-state index in [1.54, 1.807) is 0 Å². The van der Waals surface area contributed by atoms with Gasteiger partial charge in [-0.3, -0.25) is 4.79 Å². The van der Waals surface area contributed by atoms with Gasteiger partial charge in [0.2, 0.25) is 0 Å². The van der Waals surface area contributed by atoms with Crippen molar-refractivity contribution in [2.24, 2.45) is 0 Å². The molecule has 0 atom stereocenters. The minimum atomic E-state index is 0.165. The molecule has 0 aliphatic rings. The number of anilines is 1. The van der Waals surface area contributed by atoms with Crippen molar-refractivity contribution in [3.63, 3.8) is 0 Å². The molecule has 0 heterocycles. The van der Waals surface area contributed by atoms with Gasteiger partial charge in [0.05, 0.1) is 6.54 Å². The largest absolute Gasteiger partial charge is 0.364 e. The third-order valence-corrected chi connectivity index (χ3v) is 3.05.